The van der Waals surface area contributed by atoms with E-state index in [1.165, 1.54) is 6.07 Å². The molecule has 0 fully saturated rings. The molecule has 78 valence electrons. The van der Waals surface area contributed by atoms with Crippen LogP contribution in [0.3, 0.4) is 0 Å². The van der Waals surface area contributed by atoms with E-state index in [0.29, 0.717) is 6.07 Å². The molecule has 0 aromatic heterocycles. The van der Waals surface area contributed by atoms with Gasteiger partial charge in [-0.3, -0.25) is 0 Å². The van der Waals surface area contributed by atoms with Gasteiger partial charge < -0.3 is 0 Å². The number of alkyl halides is 3. The molecular weight excluding hydrogens is 285 g/mol. The molecule has 1 aromatic carbocycles. The minimum absolute atomic E-state index is 0.716. The first-order valence-electron chi connectivity index (χ1n) is 3.34. The van der Waals surface area contributed by atoms with E-state index in [0.717, 1.165) is 12.1 Å². The van der Waals surface area contributed by atoms with Crippen LogP contribution in [0.15, 0.2) is 29.2 Å². The summed E-state index contributed by atoms with van der Waals surface area (Å²) in [7, 11) is -4.02. The summed E-state index contributed by atoms with van der Waals surface area (Å²) >= 11 is 2.20. The van der Waals surface area contributed by atoms with Crippen molar-refractivity contribution in [3.63, 3.8) is 0 Å². The van der Waals surface area contributed by atoms with Gasteiger partial charge in [-0.1, -0.05) is 12.1 Å². The standard InChI is InChI=1S/C7H4BrF3O2S/c8-14(12,13)6-4-2-1-3-5(6)7(9,10)11/h1-4H. The van der Waals surface area contributed by atoms with Crippen molar-refractivity contribution in [1.82, 2.24) is 0 Å². The normalized spacial score (nSPS) is 12.9. The maximum Gasteiger partial charge on any atom is 0.417 e. The Hall–Kier alpha value is -0.560. The molecule has 0 saturated carbocycles. The second-order valence-corrected chi connectivity index (χ2v) is 6.30. The fourth-order valence-electron chi connectivity index (χ4n) is 0.913. The third-order valence-corrected chi connectivity index (χ3v) is 3.38. The summed E-state index contributed by atoms with van der Waals surface area (Å²) in [6.45, 7) is 0. The van der Waals surface area contributed by atoms with Gasteiger partial charge in [-0.2, -0.15) is 13.2 Å². The summed E-state index contributed by atoms with van der Waals surface area (Å²) in [6, 6.07) is 3.97. The highest BCUT2D eigenvalue weighted by atomic mass is 79.9. The van der Waals surface area contributed by atoms with Crippen LogP contribution in [0.25, 0.3) is 0 Å². The Morgan fingerprint density at radius 2 is 1.64 bits per heavy atom. The molecule has 0 heterocycles. The van der Waals surface area contributed by atoms with Crippen molar-refractivity contribution < 1.29 is 21.6 Å². The Balaban J connectivity index is 3.47. The van der Waals surface area contributed by atoms with Gasteiger partial charge in [-0.15, -0.1) is 0 Å². The van der Waals surface area contributed by atoms with Gasteiger partial charge in [0.15, 0.2) is 0 Å². The quantitative estimate of drug-likeness (QED) is 0.745. The van der Waals surface area contributed by atoms with E-state index < -0.39 is 24.9 Å². The molecule has 0 unspecified atom stereocenters. The van der Waals surface area contributed by atoms with E-state index in [4.69, 9.17) is 0 Å². The van der Waals surface area contributed by atoms with Crippen molar-refractivity contribution in [3.8, 4) is 0 Å². The maximum atomic E-state index is 12.3. The molecule has 0 radical (unpaired) electrons. The lowest BCUT2D eigenvalue weighted by Gasteiger charge is -2.09. The van der Waals surface area contributed by atoms with Crippen molar-refractivity contribution in [2.45, 2.75) is 11.1 Å². The van der Waals surface area contributed by atoms with E-state index in [2.05, 4.69) is 14.8 Å². The Morgan fingerprint density at radius 1 is 1.14 bits per heavy atom. The number of hydrogen-bond acceptors (Lipinski definition) is 2. The fraction of sp³-hybridized carbons (Fsp3) is 0.143. The highest BCUT2D eigenvalue weighted by molar-refractivity contribution is 9.47. The molecule has 1 aromatic rings. The molecule has 2 nitrogen and oxygen atoms in total. The molecule has 0 spiro atoms. The summed E-state index contributed by atoms with van der Waals surface area (Å²) in [5.74, 6) is 0. The minimum Gasteiger partial charge on any atom is -0.212 e. The number of benzene rings is 1. The van der Waals surface area contributed by atoms with Crippen LogP contribution in [-0.2, 0) is 14.4 Å². The average Bonchev–Trinajstić information content (AvgIpc) is 2.01. The smallest absolute Gasteiger partial charge is 0.212 e. The molecule has 0 aliphatic heterocycles. The number of hydrogen-bond donors (Lipinski definition) is 0. The third-order valence-electron chi connectivity index (χ3n) is 1.46. The third kappa shape index (κ3) is 2.48. The van der Waals surface area contributed by atoms with Crippen LogP contribution in [0.2, 0.25) is 0 Å². The highest BCUT2D eigenvalue weighted by Gasteiger charge is 2.35. The lowest BCUT2D eigenvalue weighted by atomic mass is 10.2. The van der Waals surface area contributed by atoms with Crippen molar-refractivity contribution in [2.75, 3.05) is 0 Å². The second-order valence-electron chi connectivity index (χ2n) is 2.43. The number of rotatable bonds is 1. The molecule has 0 aliphatic rings. The van der Waals surface area contributed by atoms with Crippen LogP contribution in [0.1, 0.15) is 5.56 Å². The van der Waals surface area contributed by atoms with Crippen LogP contribution in [0, 0.1) is 0 Å². The Bertz CT molecular complexity index is 438. The zero-order valence-corrected chi connectivity index (χ0v) is 8.95. The topological polar surface area (TPSA) is 34.1 Å². The molecular formula is C7H4BrF3O2S. The molecule has 7 heteroatoms. The summed E-state index contributed by atoms with van der Waals surface area (Å²) in [5, 5.41) is 0. The molecule has 0 N–H and O–H groups in total. The van der Waals surface area contributed by atoms with Gasteiger partial charge in [-0.05, 0) is 12.1 Å². The Morgan fingerprint density at radius 3 is 2.00 bits per heavy atom. The van der Waals surface area contributed by atoms with E-state index in [-0.39, 0.29) is 0 Å². The second kappa shape index (κ2) is 3.54. The minimum atomic E-state index is -4.67. The average molecular weight is 289 g/mol. The van der Waals surface area contributed by atoms with Crippen LogP contribution in [-0.4, -0.2) is 8.42 Å². The summed E-state index contributed by atoms with van der Waals surface area (Å²) in [4.78, 5) is -0.771. The van der Waals surface area contributed by atoms with Crippen molar-refractivity contribution in [3.05, 3.63) is 29.8 Å². The number of halogens is 4. The van der Waals surface area contributed by atoms with E-state index in [9.17, 15) is 21.6 Å². The predicted molar refractivity (Wildman–Crippen MR) is 47.6 cm³/mol. The zero-order valence-electron chi connectivity index (χ0n) is 6.55. The molecule has 14 heavy (non-hydrogen) atoms. The van der Waals surface area contributed by atoms with Crippen LogP contribution < -0.4 is 0 Å². The van der Waals surface area contributed by atoms with Gasteiger partial charge in [0.25, 0.3) is 0 Å². The molecule has 0 saturated heterocycles. The maximum absolute atomic E-state index is 12.3. The van der Waals surface area contributed by atoms with E-state index in [1.54, 1.807) is 0 Å². The van der Waals surface area contributed by atoms with Gasteiger partial charge in [0, 0.05) is 0 Å². The first-order valence-corrected chi connectivity index (χ1v) is 6.66. The SMILES string of the molecule is O=S(=O)(Br)c1ccccc1C(F)(F)F. The summed E-state index contributed by atoms with van der Waals surface area (Å²) < 4.78 is 58.7. The van der Waals surface area contributed by atoms with Gasteiger partial charge in [0.1, 0.15) is 0 Å². The first-order chi connectivity index (χ1) is 6.23. The Labute approximate surface area is 85.9 Å². The van der Waals surface area contributed by atoms with Crippen molar-refractivity contribution in [2.24, 2.45) is 0 Å². The van der Waals surface area contributed by atoms with Crippen LogP contribution >= 0.6 is 14.8 Å². The zero-order chi connectivity index (χ0) is 11.0. The molecule has 0 atom stereocenters. The van der Waals surface area contributed by atoms with E-state index >= 15 is 0 Å². The fourth-order valence-corrected chi connectivity index (χ4v) is 2.45. The lowest BCUT2D eigenvalue weighted by molar-refractivity contribution is -0.139. The highest BCUT2D eigenvalue weighted by Crippen LogP contribution is 2.35. The monoisotopic (exact) mass is 288 g/mol. The largest absolute Gasteiger partial charge is 0.417 e. The van der Waals surface area contributed by atoms with Gasteiger partial charge >= 0.3 is 6.18 Å². The first kappa shape index (κ1) is 11.5. The Kier molecular flexibility index (Phi) is 2.91. The van der Waals surface area contributed by atoms with Crippen molar-refractivity contribution in [1.29, 1.82) is 0 Å². The van der Waals surface area contributed by atoms with Gasteiger partial charge in [-0.25, -0.2) is 8.42 Å². The van der Waals surface area contributed by atoms with Crippen LogP contribution in [0.5, 0.6) is 0 Å². The molecule has 0 bridgehead atoms. The molecule has 1 rings (SSSR count). The lowest BCUT2D eigenvalue weighted by Crippen LogP contribution is -2.09. The van der Waals surface area contributed by atoms with E-state index in [1.807, 2.05) is 0 Å². The van der Waals surface area contributed by atoms with Gasteiger partial charge in [0.05, 0.1) is 25.3 Å². The van der Waals surface area contributed by atoms with Crippen LogP contribution in [0.4, 0.5) is 13.2 Å². The molecule has 0 amide bonds. The summed E-state index contributed by atoms with van der Waals surface area (Å²) in [6.07, 6.45) is -4.67. The summed E-state index contributed by atoms with van der Waals surface area (Å²) in [5.41, 5.74) is -1.17. The molecule has 0 aliphatic carbocycles. The predicted octanol–water partition coefficient (Wildman–Crippen LogP) is 2.79. The van der Waals surface area contributed by atoms with Crippen molar-refractivity contribution >= 4 is 23.1 Å². The van der Waals surface area contributed by atoms with Gasteiger partial charge in [0.2, 0.25) is 8.27 Å².